The van der Waals surface area contributed by atoms with Crippen LogP contribution in [-0.4, -0.2) is 23.1 Å². The average molecular weight is 271 g/mol. The van der Waals surface area contributed by atoms with E-state index < -0.39 is 5.60 Å². The van der Waals surface area contributed by atoms with Crippen LogP contribution in [0.4, 0.5) is 4.79 Å². The number of ether oxygens (including phenoxy) is 1. The lowest BCUT2D eigenvalue weighted by atomic mass is 9.90. The summed E-state index contributed by atoms with van der Waals surface area (Å²) in [6, 6.07) is 0. The Morgan fingerprint density at radius 3 is 2.95 bits per heavy atom. The molecule has 0 radical (unpaired) electrons. The van der Waals surface area contributed by atoms with Crippen molar-refractivity contribution >= 4 is 6.09 Å². The quantitative estimate of drug-likeness (QED) is 0.674. The van der Waals surface area contributed by atoms with Crippen LogP contribution in [0, 0.1) is 0 Å². The van der Waals surface area contributed by atoms with Crippen LogP contribution in [0.15, 0.2) is 57.2 Å². The fourth-order valence-electron chi connectivity index (χ4n) is 2.32. The monoisotopic (exact) mass is 271 g/mol. The summed E-state index contributed by atoms with van der Waals surface area (Å²) in [4.78, 5) is 13.7. The van der Waals surface area contributed by atoms with Gasteiger partial charge in [0.05, 0.1) is 18.4 Å². The molecule has 3 aliphatic rings. The lowest BCUT2D eigenvalue weighted by Crippen LogP contribution is -2.36. The van der Waals surface area contributed by atoms with E-state index in [4.69, 9.17) is 4.74 Å². The normalized spacial score (nSPS) is 20.4. The first-order valence-electron chi connectivity index (χ1n) is 6.64. The molecule has 2 aliphatic heterocycles. The second kappa shape index (κ2) is 4.44. The van der Waals surface area contributed by atoms with E-state index in [0.29, 0.717) is 6.54 Å². The number of amides is 1. The Labute approximate surface area is 118 Å². The van der Waals surface area contributed by atoms with E-state index in [1.807, 2.05) is 32.9 Å². The second-order valence-electron chi connectivity index (χ2n) is 6.06. The Morgan fingerprint density at radius 1 is 1.40 bits per heavy atom. The number of fused-ring (bicyclic) bond motifs is 1. The van der Waals surface area contributed by atoms with Gasteiger partial charge in [0.1, 0.15) is 5.60 Å². The molecule has 104 valence electrons. The largest absolute Gasteiger partial charge is 0.443 e. The number of allylic oxidation sites excluding steroid dienone is 4. The van der Waals surface area contributed by atoms with Crippen LogP contribution in [0.1, 0.15) is 27.2 Å². The molecule has 0 atom stereocenters. The van der Waals surface area contributed by atoms with Crippen molar-refractivity contribution in [3.05, 3.63) is 47.0 Å². The number of hydrogen-bond donors (Lipinski definition) is 0. The summed E-state index contributed by atoms with van der Waals surface area (Å²) in [6.07, 6.45) is 7.98. The molecular formula is C15H17N3O2. The molecule has 2 heterocycles. The molecule has 0 spiro atoms. The number of rotatable bonds is 0. The van der Waals surface area contributed by atoms with Gasteiger partial charge < -0.3 is 4.74 Å². The van der Waals surface area contributed by atoms with Gasteiger partial charge in [-0.25, -0.2) is 4.79 Å². The third kappa shape index (κ3) is 2.43. The van der Waals surface area contributed by atoms with Crippen LogP contribution in [0.2, 0.25) is 0 Å². The standard InChI is InChI=1S/C15H17N3O2/c1-15(2,3)20-14(19)18-5-4-10-7-13-11(8-16-17-13)6-12(10)9-18/h4-5,7-8H,6,9H2,1-3H3. The topological polar surface area (TPSA) is 54.3 Å². The van der Waals surface area contributed by atoms with Gasteiger partial charge >= 0.3 is 6.09 Å². The van der Waals surface area contributed by atoms with E-state index in [2.05, 4.69) is 10.2 Å². The fraction of sp³-hybridized carbons (Fsp3) is 0.400. The minimum Gasteiger partial charge on any atom is -0.443 e. The minimum absolute atomic E-state index is 0.315. The van der Waals surface area contributed by atoms with E-state index >= 15 is 0 Å². The first-order chi connectivity index (χ1) is 9.42. The predicted octanol–water partition coefficient (Wildman–Crippen LogP) is 3.68. The average Bonchev–Trinajstić information content (AvgIpc) is 2.80. The number of azo groups is 1. The summed E-state index contributed by atoms with van der Waals surface area (Å²) in [5.41, 5.74) is 3.88. The summed E-state index contributed by atoms with van der Waals surface area (Å²) in [5.74, 6) is 0. The molecule has 0 N–H and O–H groups in total. The summed E-state index contributed by atoms with van der Waals surface area (Å²) in [6.45, 7) is 6.16. The van der Waals surface area contributed by atoms with Crippen molar-refractivity contribution in [1.82, 2.24) is 4.90 Å². The zero-order chi connectivity index (χ0) is 14.3. The van der Waals surface area contributed by atoms with Crippen molar-refractivity contribution in [3.8, 4) is 0 Å². The maximum atomic E-state index is 12.1. The number of carbonyl (C=O) groups is 1. The van der Waals surface area contributed by atoms with E-state index in [1.165, 1.54) is 5.57 Å². The summed E-state index contributed by atoms with van der Waals surface area (Å²) in [5, 5.41) is 8.00. The molecule has 0 saturated heterocycles. The molecule has 5 nitrogen and oxygen atoms in total. The highest BCUT2D eigenvalue weighted by molar-refractivity contribution is 5.71. The highest BCUT2D eigenvalue weighted by atomic mass is 16.6. The first-order valence-corrected chi connectivity index (χ1v) is 6.64. The summed E-state index contributed by atoms with van der Waals surface area (Å²) >= 11 is 0. The maximum absolute atomic E-state index is 12.1. The van der Waals surface area contributed by atoms with Crippen LogP contribution in [0.3, 0.4) is 0 Å². The highest BCUT2D eigenvalue weighted by Crippen LogP contribution is 2.35. The predicted molar refractivity (Wildman–Crippen MR) is 74.7 cm³/mol. The second-order valence-corrected chi connectivity index (χ2v) is 6.06. The molecule has 3 rings (SSSR count). The molecule has 0 aromatic rings. The molecule has 0 fully saturated rings. The minimum atomic E-state index is -0.481. The highest BCUT2D eigenvalue weighted by Gasteiger charge is 2.27. The number of nitrogens with zero attached hydrogens (tertiary/aromatic N) is 3. The van der Waals surface area contributed by atoms with E-state index in [-0.39, 0.29) is 6.09 Å². The molecule has 5 heteroatoms. The smallest absolute Gasteiger partial charge is 0.414 e. The van der Waals surface area contributed by atoms with Gasteiger partial charge in [-0.05, 0) is 50.5 Å². The van der Waals surface area contributed by atoms with Crippen molar-refractivity contribution in [2.75, 3.05) is 6.54 Å². The first kappa shape index (κ1) is 12.8. The third-order valence-electron chi connectivity index (χ3n) is 3.24. The summed E-state index contributed by atoms with van der Waals surface area (Å²) < 4.78 is 5.39. The molecule has 0 aromatic carbocycles. The van der Waals surface area contributed by atoms with Gasteiger partial charge in [0.25, 0.3) is 0 Å². The van der Waals surface area contributed by atoms with Crippen LogP contribution >= 0.6 is 0 Å². The Balaban J connectivity index is 1.75. The van der Waals surface area contributed by atoms with Crippen molar-refractivity contribution in [3.63, 3.8) is 0 Å². The molecular weight excluding hydrogens is 254 g/mol. The van der Waals surface area contributed by atoms with Gasteiger partial charge in [0.2, 0.25) is 0 Å². The van der Waals surface area contributed by atoms with Crippen molar-refractivity contribution in [1.29, 1.82) is 0 Å². The van der Waals surface area contributed by atoms with Crippen molar-refractivity contribution in [2.45, 2.75) is 32.8 Å². The van der Waals surface area contributed by atoms with Crippen molar-refractivity contribution < 1.29 is 9.53 Å². The molecule has 20 heavy (non-hydrogen) atoms. The Morgan fingerprint density at radius 2 is 2.20 bits per heavy atom. The zero-order valence-electron chi connectivity index (χ0n) is 11.9. The lowest BCUT2D eigenvalue weighted by Gasteiger charge is -2.29. The molecule has 0 unspecified atom stereocenters. The van der Waals surface area contributed by atoms with Gasteiger partial charge in [0, 0.05) is 11.8 Å². The molecule has 0 bridgehead atoms. The van der Waals surface area contributed by atoms with Gasteiger partial charge in [0.15, 0.2) is 0 Å². The van der Waals surface area contributed by atoms with Gasteiger partial charge in [-0.2, -0.15) is 10.2 Å². The van der Waals surface area contributed by atoms with E-state index in [9.17, 15) is 4.79 Å². The molecule has 0 aromatic heterocycles. The van der Waals surface area contributed by atoms with Gasteiger partial charge in [-0.1, -0.05) is 0 Å². The number of carbonyl (C=O) groups excluding carboxylic acids is 1. The third-order valence-corrected chi connectivity index (χ3v) is 3.24. The van der Waals surface area contributed by atoms with Gasteiger partial charge in [-0.3, -0.25) is 4.90 Å². The SMILES string of the molecule is CC(C)(C)OC(=O)N1C=CC2=C(CC3=CN=NC3=C2)C1. The zero-order valence-corrected chi connectivity index (χ0v) is 11.9. The van der Waals surface area contributed by atoms with E-state index in [0.717, 1.165) is 23.3 Å². The van der Waals surface area contributed by atoms with Crippen LogP contribution in [0.5, 0.6) is 0 Å². The maximum Gasteiger partial charge on any atom is 0.414 e. The number of hydrogen-bond acceptors (Lipinski definition) is 4. The van der Waals surface area contributed by atoms with Crippen molar-refractivity contribution in [2.24, 2.45) is 10.2 Å². The Kier molecular flexibility index (Phi) is 2.85. The molecule has 1 amide bonds. The molecule has 1 aliphatic carbocycles. The molecule has 0 saturated carbocycles. The van der Waals surface area contributed by atoms with Crippen LogP contribution < -0.4 is 0 Å². The van der Waals surface area contributed by atoms with E-state index in [1.54, 1.807) is 17.3 Å². The lowest BCUT2D eigenvalue weighted by molar-refractivity contribution is 0.0345. The Bertz CT molecular complexity index is 616. The van der Waals surface area contributed by atoms with Crippen LogP contribution in [0.25, 0.3) is 0 Å². The summed E-state index contributed by atoms with van der Waals surface area (Å²) in [7, 11) is 0. The fourth-order valence-corrected chi connectivity index (χ4v) is 2.32. The Hall–Kier alpha value is -2.17. The van der Waals surface area contributed by atoms with Gasteiger partial charge in [-0.15, -0.1) is 0 Å². The van der Waals surface area contributed by atoms with Crippen LogP contribution in [-0.2, 0) is 4.74 Å².